The first-order valence-corrected chi connectivity index (χ1v) is 34.3. The summed E-state index contributed by atoms with van der Waals surface area (Å²) in [5.41, 5.74) is 0. The van der Waals surface area contributed by atoms with E-state index in [2.05, 4.69) is 0 Å². The molecule has 0 amide bonds. The van der Waals surface area contributed by atoms with Crippen molar-refractivity contribution in [3.8, 4) is 0 Å². The van der Waals surface area contributed by atoms with Crippen LogP contribution in [0.1, 0.15) is 0 Å². The molecule has 0 unspecified atom stereocenters. The lowest BCUT2D eigenvalue weighted by Crippen LogP contribution is -2.77. The van der Waals surface area contributed by atoms with E-state index >= 15 is 0 Å². The van der Waals surface area contributed by atoms with Crippen molar-refractivity contribution in [1.82, 2.24) is 0 Å². The van der Waals surface area contributed by atoms with Crippen LogP contribution in [0.3, 0.4) is 0 Å². The number of rotatable bonds is 22. The van der Waals surface area contributed by atoms with Crippen LogP contribution in [-0.2, 0) is 10.1 Å². The van der Waals surface area contributed by atoms with Crippen molar-refractivity contribution in [3.05, 3.63) is 0 Å². The van der Waals surface area contributed by atoms with Crippen LogP contribution >= 0.6 is 545 Å². The summed E-state index contributed by atoms with van der Waals surface area (Å²) in [6, 6.07) is 0. The molecule has 0 radical (unpaired) electrons. The third-order valence-electron chi connectivity index (χ3n) is 8.93. The Bertz CT molecular complexity index is 2190. The molecule has 0 heterocycles. The van der Waals surface area contributed by atoms with Crippen LogP contribution < -0.4 is 0 Å². The van der Waals surface area contributed by atoms with Gasteiger partial charge in [0.25, 0.3) is 3.67 Å². The predicted molar refractivity (Wildman–Crippen MR) is 349 cm³/mol. The molecule has 0 aliphatic heterocycles. The van der Waals surface area contributed by atoms with Crippen LogP contribution in [0.15, 0.2) is 0 Å². The smallest absolute Gasteiger partial charge is 0.283 e. The molecule has 0 aliphatic carbocycles. The lowest BCUT2D eigenvalue weighted by atomic mass is 9.95. The molecule has 1 N–H and O–H groups in total. The fourth-order valence-electron chi connectivity index (χ4n) is 4.27. The molecule has 51 heteroatoms. The van der Waals surface area contributed by atoms with Crippen molar-refractivity contribution in [3.63, 3.8) is 0 Å². The van der Waals surface area contributed by atoms with Crippen molar-refractivity contribution in [2.24, 2.45) is 0 Å². The molecule has 74 heavy (non-hydrogen) atoms. The Morgan fingerprint density at radius 2 is 0.243 bits per heavy atom. The highest BCUT2D eigenvalue weighted by atomic mass is 35.6. The minimum Gasteiger partial charge on any atom is -0.283 e. The standard InChI is InChI=1S/C23HCl47O3S/c24-1(25,2(26,27)4(30,31)6(34,35)8(38,39)10(42,43)12(46,47)14(50,51)16(54,55)18(58,59)20(62,63)22(66,67)68)3(28,29)5(32,33)7(36,37)9(40,41)11(44,45)13(48,49)15(52,53)17(56,57)19(60,61)21(64,65)23(69,70)74(71,72)73/h(H,71,72,73). The first kappa shape index (κ1) is 87.5. The molecule has 0 atom stereocenters. The van der Waals surface area contributed by atoms with E-state index in [0.29, 0.717) is 0 Å². The van der Waals surface area contributed by atoms with Crippen LogP contribution in [0.4, 0.5) is 0 Å². The summed E-state index contributed by atoms with van der Waals surface area (Å²) >= 11 is 302. The average Bonchev–Trinajstić information content (AvgIpc) is 3.15. The quantitative estimate of drug-likeness (QED) is 0.0868. The zero-order chi connectivity index (χ0) is 62.0. The summed E-state index contributed by atoms with van der Waals surface area (Å²) in [5, 5.41) is 0. The van der Waals surface area contributed by atoms with E-state index in [1.807, 2.05) is 0 Å². The van der Waals surface area contributed by atoms with E-state index in [4.69, 9.17) is 545 Å². The monoisotopic (exact) mass is 2000 g/mol. The Morgan fingerprint density at radius 1 is 0.162 bits per heavy atom. The van der Waals surface area contributed by atoms with Gasteiger partial charge in [-0.1, -0.05) is 545 Å². The van der Waals surface area contributed by atoms with Crippen LogP contribution in [0, 0.1) is 0 Å². The maximum absolute atomic E-state index is 12.1. The van der Waals surface area contributed by atoms with Crippen molar-refractivity contribution in [2.75, 3.05) is 0 Å². The number of hydrogen-bond donors (Lipinski definition) is 1. The predicted octanol–water partition coefficient (Wildman–Crippen LogP) is 27.0. The van der Waals surface area contributed by atoms with Gasteiger partial charge in [0, 0.05) is 0 Å². The van der Waals surface area contributed by atoms with Crippen molar-refractivity contribution in [2.45, 2.75) is 98.5 Å². The minimum atomic E-state index is -5.87. The maximum Gasteiger partial charge on any atom is 0.302 e. The average molecular weight is 2020 g/mol. The highest BCUT2D eigenvalue weighted by Gasteiger charge is 2.90. The molecule has 0 aliphatic rings. The van der Waals surface area contributed by atoms with E-state index in [1.54, 1.807) is 0 Å². The molecule has 3 nitrogen and oxygen atoms in total. The Kier molecular flexibility index (Phi) is 30.2. The molecule has 0 aromatic heterocycles. The van der Waals surface area contributed by atoms with Gasteiger partial charge in [0.15, 0.2) is 82.3 Å². The zero-order valence-electron chi connectivity index (χ0n) is 30.9. The second-order valence-corrected chi connectivity index (χ2v) is 47.0. The fourth-order valence-corrected chi connectivity index (χ4v) is 21.7. The van der Waals surface area contributed by atoms with Gasteiger partial charge in [0.05, 0.1) is 0 Å². The fraction of sp³-hybridized carbons (Fsp3) is 1.00. The van der Waals surface area contributed by atoms with Gasteiger partial charge in [0.1, 0.15) is 0 Å². The number of alkyl halides is 47. The van der Waals surface area contributed by atoms with E-state index < -0.39 is 109 Å². The Hall–Kier alpha value is 13.5. The lowest BCUT2D eigenvalue weighted by Gasteiger charge is -2.59. The van der Waals surface area contributed by atoms with Crippen LogP contribution in [0.5, 0.6) is 0 Å². The largest absolute Gasteiger partial charge is 0.302 e. The Labute approximate surface area is 655 Å². The third-order valence-corrected chi connectivity index (χ3v) is 45.2. The van der Waals surface area contributed by atoms with Gasteiger partial charge in [-0.2, -0.15) is 8.42 Å². The van der Waals surface area contributed by atoms with E-state index in [1.165, 1.54) is 0 Å². The molecular weight excluding hydrogens is 2020 g/mol. The molecule has 0 bridgehead atoms. The summed E-state index contributed by atoms with van der Waals surface area (Å²) in [7, 11) is -5.87. The van der Waals surface area contributed by atoms with Gasteiger partial charge < -0.3 is 0 Å². The third kappa shape index (κ3) is 12.6. The molecular formula is C23HCl47O3S. The highest BCUT2D eigenvalue weighted by molar-refractivity contribution is 7.90. The molecule has 0 aromatic carbocycles. The second-order valence-electron chi connectivity index (χ2n) is 13.6. The minimum absolute atomic E-state index is 2.95. The number of hydrogen-bond acceptors (Lipinski definition) is 2. The van der Waals surface area contributed by atoms with Crippen molar-refractivity contribution < 1.29 is 13.0 Å². The van der Waals surface area contributed by atoms with Crippen LogP contribution in [0.2, 0.25) is 0 Å². The molecule has 0 aromatic rings. The van der Waals surface area contributed by atoms with E-state index in [9.17, 15) is 13.0 Å². The van der Waals surface area contributed by atoms with Crippen molar-refractivity contribution in [1.29, 1.82) is 0 Å². The molecule has 0 saturated carbocycles. The summed E-state index contributed by atoms with van der Waals surface area (Å²) in [5.74, 6) is 0. The SMILES string of the molecule is O=S(=O)(O)C(Cl)(Cl)C(Cl)(Cl)C(Cl)(Cl)C(Cl)(Cl)C(Cl)(Cl)C(Cl)(Cl)C(Cl)(Cl)C(Cl)(Cl)C(Cl)(Cl)C(Cl)(Cl)C(Cl)(Cl)C(Cl)(Cl)C(Cl)(Cl)C(Cl)(Cl)C(Cl)(Cl)C(Cl)(Cl)C(Cl)(Cl)C(Cl)(Cl)C(Cl)(Cl)C(Cl)(Cl)C(Cl)(Cl)C(Cl)(Cl)C(Cl)(Cl)Cl. The normalized spacial score (nSPS) is 17.6. The summed E-state index contributed by atoms with van der Waals surface area (Å²) in [6.45, 7) is 0. The van der Waals surface area contributed by atoms with Gasteiger partial charge in [-0.15, -0.1) is 0 Å². The molecule has 0 saturated heterocycles. The van der Waals surface area contributed by atoms with Gasteiger partial charge in [0.2, 0.25) is 12.5 Å². The Morgan fingerprint density at radius 3 is 0.324 bits per heavy atom. The summed E-state index contributed by atoms with van der Waals surface area (Å²) < 4.78 is -52.9. The first-order chi connectivity index (χ1) is 30.8. The molecule has 0 fully saturated rings. The molecule has 0 rings (SSSR count). The summed E-state index contributed by atoms with van der Waals surface area (Å²) in [4.78, 5) is 0. The molecule has 446 valence electrons. The molecule has 0 spiro atoms. The van der Waals surface area contributed by atoms with Crippen molar-refractivity contribution >= 4 is 555 Å². The van der Waals surface area contributed by atoms with Gasteiger partial charge in [-0.05, 0) is 0 Å². The van der Waals surface area contributed by atoms with E-state index in [-0.39, 0.29) is 0 Å². The topological polar surface area (TPSA) is 54.4 Å². The maximum atomic E-state index is 12.1. The van der Waals surface area contributed by atoms with Gasteiger partial charge in [-0.25, -0.2) is 0 Å². The van der Waals surface area contributed by atoms with Gasteiger partial charge in [-0.3, -0.25) is 4.55 Å². The zero-order valence-corrected chi connectivity index (χ0v) is 67.3. The van der Waals surface area contributed by atoms with Gasteiger partial charge >= 0.3 is 10.1 Å². The highest BCUT2D eigenvalue weighted by Crippen LogP contribution is 2.80. The summed E-state index contributed by atoms with van der Waals surface area (Å²) in [6.07, 6.45) is 0. The first-order valence-electron chi connectivity index (χ1n) is 15.1. The second kappa shape index (κ2) is 25.5. The lowest BCUT2D eigenvalue weighted by molar-refractivity contribution is 0.383. The number of halogens is 47. The van der Waals surface area contributed by atoms with Crippen LogP contribution in [-0.4, -0.2) is 111 Å². The van der Waals surface area contributed by atoms with E-state index in [0.717, 1.165) is 0 Å². The van der Waals surface area contributed by atoms with Crippen LogP contribution in [0.25, 0.3) is 0 Å². The Balaban J connectivity index is 8.20.